The maximum Gasteiger partial charge on any atom is 0.343 e. The zero-order valence-electron chi connectivity index (χ0n) is 22.3. The third kappa shape index (κ3) is 12.2. The second kappa shape index (κ2) is 18.0. The molecule has 9 heteroatoms. The molecule has 0 aliphatic rings. The van der Waals surface area contributed by atoms with E-state index in [1.807, 2.05) is 0 Å². The second-order valence-electron chi connectivity index (χ2n) is 8.96. The highest BCUT2D eigenvalue weighted by molar-refractivity contribution is 6.30. The zero-order chi connectivity index (χ0) is 27.6. The molecule has 0 aliphatic heterocycles. The van der Waals surface area contributed by atoms with Crippen LogP contribution in [0.2, 0.25) is 5.02 Å². The Kier molecular flexibility index (Phi) is 14.6. The molecule has 0 aromatic heterocycles. The van der Waals surface area contributed by atoms with Gasteiger partial charge in [0.2, 0.25) is 5.91 Å². The van der Waals surface area contributed by atoms with Gasteiger partial charge in [-0.25, -0.2) is 10.2 Å². The van der Waals surface area contributed by atoms with Gasteiger partial charge in [-0.1, -0.05) is 69.9 Å². The largest absolute Gasteiger partial charge is 0.493 e. The van der Waals surface area contributed by atoms with Gasteiger partial charge >= 0.3 is 5.97 Å². The molecule has 0 unspecified atom stereocenters. The lowest BCUT2D eigenvalue weighted by Crippen LogP contribution is -2.34. The number of esters is 1. The molecule has 0 radical (unpaired) electrons. The molecule has 8 nitrogen and oxygen atoms in total. The maximum atomic E-state index is 12.4. The van der Waals surface area contributed by atoms with Crippen molar-refractivity contribution in [3.63, 3.8) is 0 Å². The summed E-state index contributed by atoms with van der Waals surface area (Å²) in [7, 11) is 1.45. The van der Waals surface area contributed by atoms with E-state index >= 15 is 0 Å². The Morgan fingerprint density at radius 1 is 0.868 bits per heavy atom. The third-order valence-corrected chi connectivity index (χ3v) is 6.08. The summed E-state index contributed by atoms with van der Waals surface area (Å²) < 4.78 is 10.7. The van der Waals surface area contributed by atoms with Crippen molar-refractivity contribution in [2.45, 2.75) is 71.1 Å². The first-order valence-electron chi connectivity index (χ1n) is 13.2. The van der Waals surface area contributed by atoms with E-state index in [1.54, 1.807) is 42.5 Å². The van der Waals surface area contributed by atoms with Crippen LogP contribution in [0.5, 0.6) is 11.5 Å². The number of carbonyl (C=O) groups is 3. The summed E-state index contributed by atoms with van der Waals surface area (Å²) in [4.78, 5) is 36.3. The van der Waals surface area contributed by atoms with Gasteiger partial charge in [0, 0.05) is 11.4 Å². The fourth-order valence-corrected chi connectivity index (χ4v) is 3.80. The minimum absolute atomic E-state index is 0.138. The molecule has 0 fully saturated rings. The van der Waals surface area contributed by atoms with Crippen LogP contribution in [0, 0.1) is 0 Å². The van der Waals surface area contributed by atoms with Crippen LogP contribution in [-0.2, 0) is 9.59 Å². The van der Waals surface area contributed by atoms with Gasteiger partial charge in [0.05, 0.1) is 25.4 Å². The van der Waals surface area contributed by atoms with Crippen molar-refractivity contribution in [1.29, 1.82) is 0 Å². The molecular formula is C29H38ClN3O5. The number of hydrazone groups is 1. The zero-order valence-corrected chi connectivity index (χ0v) is 23.0. The van der Waals surface area contributed by atoms with Gasteiger partial charge in [-0.05, 0) is 54.4 Å². The van der Waals surface area contributed by atoms with Crippen LogP contribution < -0.4 is 20.2 Å². The highest BCUT2D eigenvalue weighted by Gasteiger charge is 2.13. The fraction of sp³-hybridized carbons (Fsp3) is 0.448. The number of methoxy groups -OCH3 is 1. The third-order valence-electron chi connectivity index (χ3n) is 5.83. The highest BCUT2D eigenvalue weighted by atomic mass is 35.5. The molecule has 0 heterocycles. The molecule has 0 aliphatic carbocycles. The normalized spacial score (nSPS) is 10.8. The van der Waals surface area contributed by atoms with Crippen molar-refractivity contribution in [3.8, 4) is 11.5 Å². The van der Waals surface area contributed by atoms with Crippen molar-refractivity contribution in [1.82, 2.24) is 10.7 Å². The summed E-state index contributed by atoms with van der Waals surface area (Å²) in [5, 5.41) is 7.05. The lowest BCUT2D eigenvalue weighted by Gasteiger charge is -2.10. The predicted octanol–water partition coefficient (Wildman–Crippen LogP) is 6.06. The molecule has 0 spiro atoms. The van der Waals surface area contributed by atoms with Gasteiger partial charge in [0.15, 0.2) is 11.5 Å². The summed E-state index contributed by atoms with van der Waals surface area (Å²) in [6.07, 6.45) is 12.5. The smallest absolute Gasteiger partial charge is 0.343 e. The topological polar surface area (TPSA) is 106 Å². The number of unbranched alkanes of at least 4 members (excludes halogenated alkanes) is 8. The van der Waals surface area contributed by atoms with Crippen molar-refractivity contribution in [2.75, 3.05) is 13.7 Å². The minimum atomic E-state index is -0.548. The van der Waals surface area contributed by atoms with Gasteiger partial charge in [-0.3, -0.25) is 9.59 Å². The lowest BCUT2D eigenvalue weighted by molar-refractivity contribution is -0.126. The van der Waals surface area contributed by atoms with E-state index < -0.39 is 11.9 Å². The summed E-state index contributed by atoms with van der Waals surface area (Å²) in [5.41, 5.74) is 3.35. The predicted molar refractivity (Wildman–Crippen MR) is 150 cm³/mol. The Bertz CT molecular complexity index is 1060. The van der Waals surface area contributed by atoms with Crippen LogP contribution in [0.15, 0.2) is 47.6 Å². The van der Waals surface area contributed by atoms with E-state index in [9.17, 15) is 14.4 Å². The number of halogens is 1. The Morgan fingerprint density at radius 2 is 1.53 bits per heavy atom. The average Bonchev–Trinajstić information content (AvgIpc) is 2.92. The standard InChI is InChI=1S/C29H38ClN3O5/c1-3-4-5-6-7-8-9-10-11-12-27(34)31-21-28(35)33-32-20-22-13-18-25(26(19-22)37-2)38-29(36)23-14-16-24(30)17-15-23/h13-20H,3-12,21H2,1-2H3,(H,31,34)(H,33,35)/b32-20-. The van der Waals surface area contributed by atoms with Gasteiger partial charge in [-0.2, -0.15) is 5.10 Å². The van der Waals surface area contributed by atoms with E-state index in [0.717, 1.165) is 19.3 Å². The van der Waals surface area contributed by atoms with Crippen molar-refractivity contribution >= 4 is 35.6 Å². The van der Waals surface area contributed by atoms with E-state index in [4.69, 9.17) is 21.1 Å². The number of hydrogen-bond acceptors (Lipinski definition) is 6. The van der Waals surface area contributed by atoms with Crippen molar-refractivity contribution in [3.05, 3.63) is 58.6 Å². The Labute approximate surface area is 230 Å². The molecule has 2 N–H and O–H groups in total. The number of rotatable bonds is 17. The Morgan fingerprint density at radius 3 is 2.18 bits per heavy atom. The van der Waals surface area contributed by atoms with Crippen molar-refractivity contribution < 1.29 is 23.9 Å². The van der Waals surface area contributed by atoms with Crippen LogP contribution in [-0.4, -0.2) is 37.7 Å². The summed E-state index contributed by atoms with van der Waals surface area (Å²) >= 11 is 5.85. The van der Waals surface area contributed by atoms with Gasteiger partial charge in [0.1, 0.15) is 0 Å². The van der Waals surface area contributed by atoms with E-state index in [1.165, 1.54) is 51.8 Å². The molecule has 0 bridgehead atoms. The van der Waals surface area contributed by atoms with Gasteiger partial charge in [-0.15, -0.1) is 0 Å². The summed E-state index contributed by atoms with van der Waals surface area (Å²) in [6.45, 7) is 2.07. The number of benzene rings is 2. The van der Waals surface area contributed by atoms with Crippen LogP contribution in [0.25, 0.3) is 0 Å². The van der Waals surface area contributed by atoms with Crippen LogP contribution in [0.3, 0.4) is 0 Å². The number of amides is 2. The minimum Gasteiger partial charge on any atom is -0.493 e. The van der Waals surface area contributed by atoms with Crippen molar-refractivity contribution in [2.24, 2.45) is 5.10 Å². The van der Waals surface area contributed by atoms with E-state index in [-0.39, 0.29) is 18.2 Å². The van der Waals surface area contributed by atoms with E-state index in [0.29, 0.717) is 28.3 Å². The molecule has 0 saturated heterocycles. The molecule has 0 saturated carbocycles. The number of carbonyl (C=O) groups excluding carboxylic acids is 3. The maximum absolute atomic E-state index is 12.4. The molecule has 2 aromatic rings. The number of nitrogens with zero attached hydrogens (tertiary/aromatic N) is 1. The summed E-state index contributed by atoms with van der Waals surface area (Å²) in [5.74, 6) is -0.550. The Hall–Kier alpha value is -3.39. The van der Waals surface area contributed by atoms with E-state index in [2.05, 4.69) is 22.8 Å². The first kappa shape index (κ1) is 30.8. The highest BCUT2D eigenvalue weighted by Crippen LogP contribution is 2.28. The average molecular weight is 544 g/mol. The molecule has 206 valence electrons. The van der Waals surface area contributed by atoms with Gasteiger partial charge in [0.25, 0.3) is 5.91 Å². The van der Waals surface area contributed by atoms with Crippen LogP contribution >= 0.6 is 11.6 Å². The first-order valence-corrected chi connectivity index (χ1v) is 13.5. The molecule has 2 amide bonds. The molecular weight excluding hydrogens is 506 g/mol. The lowest BCUT2D eigenvalue weighted by atomic mass is 10.1. The SMILES string of the molecule is CCCCCCCCCCCC(=O)NCC(=O)N/N=C\c1ccc(OC(=O)c2ccc(Cl)cc2)c(OC)c1. The fourth-order valence-electron chi connectivity index (χ4n) is 3.68. The molecule has 0 atom stereocenters. The monoisotopic (exact) mass is 543 g/mol. The Balaban J connectivity index is 1.68. The molecule has 2 rings (SSSR count). The molecule has 2 aromatic carbocycles. The van der Waals surface area contributed by atoms with Crippen LogP contribution in [0.1, 0.15) is 87.1 Å². The summed E-state index contributed by atoms with van der Waals surface area (Å²) in [6, 6.07) is 11.2. The number of hydrogen-bond donors (Lipinski definition) is 2. The first-order chi connectivity index (χ1) is 18.4. The number of ether oxygens (including phenoxy) is 2. The van der Waals surface area contributed by atoms with Crippen LogP contribution in [0.4, 0.5) is 0 Å². The van der Waals surface area contributed by atoms with Gasteiger partial charge < -0.3 is 14.8 Å². The molecule has 38 heavy (non-hydrogen) atoms. The number of nitrogens with one attached hydrogen (secondary N) is 2. The quantitative estimate of drug-likeness (QED) is 0.0829. The second-order valence-corrected chi connectivity index (χ2v) is 9.39.